The normalized spacial score (nSPS) is 10.7. The topological polar surface area (TPSA) is 49.3 Å². The van der Waals surface area contributed by atoms with E-state index in [0.717, 1.165) is 16.8 Å². The van der Waals surface area contributed by atoms with Gasteiger partial charge in [-0.2, -0.15) is 0 Å². The van der Waals surface area contributed by atoms with E-state index in [4.69, 9.17) is 5.11 Å². The maximum absolute atomic E-state index is 12.0. The molecule has 0 atom stereocenters. The summed E-state index contributed by atoms with van der Waals surface area (Å²) in [5.74, 6) is 6.29. The number of rotatable bonds is 4. The van der Waals surface area contributed by atoms with Crippen LogP contribution in [0.4, 0.5) is 5.69 Å². The van der Waals surface area contributed by atoms with Gasteiger partial charge in [0.25, 0.3) is 0 Å². The summed E-state index contributed by atoms with van der Waals surface area (Å²) in [4.78, 5) is 12.0. The van der Waals surface area contributed by atoms with Crippen molar-refractivity contribution in [3.8, 4) is 11.8 Å². The molecule has 2 N–H and O–H groups in total. The van der Waals surface area contributed by atoms with Gasteiger partial charge in [-0.05, 0) is 24.6 Å². The molecule has 1 amide bonds. The van der Waals surface area contributed by atoms with Crippen molar-refractivity contribution in [1.82, 2.24) is 0 Å². The van der Waals surface area contributed by atoms with Crippen LogP contribution in [0, 0.1) is 18.8 Å². The Kier molecular flexibility index (Phi) is 6.80. The molecule has 3 nitrogen and oxygen atoms in total. The van der Waals surface area contributed by atoms with E-state index in [1.165, 1.54) is 0 Å². The lowest BCUT2D eigenvalue weighted by Gasteiger charge is -2.17. The van der Waals surface area contributed by atoms with Crippen LogP contribution in [-0.4, -0.2) is 28.1 Å². The lowest BCUT2D eigenvalue weighted by atomic mass is 10.1. The first-order valence-electron chi connectivity index (χ1n) is 6.96. The predicted octanol–water partition coefficient (Wildman–Crippen LogP) is 3.20. The number of amides is 1. The first kappa shape index (κ1) is 17.6. The lowest BCUT2D eigenvalue weighted by Crippen LogP contribution is -2.19. The summed E-state index contributed by atoms with van der Waals surface area (Å²) >= 11 is 1.62. The number of anilines is 1. The fourth-order valence-corrected chi connectivity index (χ4v) is 2.16. The number of aliphatic hydroxyl groups excluding tert-OH is 1. The molecule has 0 aliphatic carbocycles. The third-order valence-corrected chi connectivity index (χ3v) is 3.89. The standard InChI is InChI=1S/C17H23NO2S/c1-13-8-9-14(7-5-6-10-19)11-15(13)18-16(20)12-21-17(2,3)4/h8-9,11,19H,6,10,12H2,1-4H3,(H,18,20). The quantitative estimate of drug-likeness (QED) is 0.840. The van der Waals surface area contributed by atoms with Crippen LogP contribution in [0.1, 0.15) is 38.3 Å². The van der Waals surface area contributed by atoms with Crippen molar-refractivity contribution in [2.75, 3.05) is 17.7 Å². The van der Waals surface area contributed by atoms with Gasteiger partial charge in [-0.3, -0.25) is 4.79 Å². The van der Waals surface area contributed by atoms with Crippen LogP contribution in [0.25, 0.3) is 0 Å². The number of thioether (sulfide) groups is 1. The van der Waals surface area contributed by atoms with Crippen molar-refractivity contribution in [3.05, 3.63) is 29.3 Å². The van der Waals surface area contributed by atoms with Crippen LogP contribution >= 0.6 is 11.8 Å². The number of benzene rings is 1. The number of hydrogen-bond donors (Lipinski definition) is 2. The first-order chi connectivity index (χ1) is 9.81. The molecule has 21 heavy (non-hydrogen) atoms. The Bertz CT molecular complexity index is 550. The second kappa shape index (κ2) is 8.11. The summed E-state index contributed by atoms with van der Waals surface area (Å²) in [5, 5.41) is 11.7. The van der Waals surface area contributed by atoms with Crippen molar-refractivity contribution < 1.29 is 9.90 Å². The minimum atomic E-state index is -0.00140. The van der Waals surface area contributed by atoms with Crippen LogP contribution in [-0.2, 0) is 4.79 Å². The zero-order chi connectivity index (χ0) is 15.9. The predicted molar refractivity (Wildman–Crippen MR) is 90.6 cm³/mol. The van der Waals surface area contributed by atoms with Crippen molar-refractivity contribution in [3.63, 3.8) is 0 Å². The molecule has 0 aliphatic heterocycles. The molecule has 0 aliphatic rings. The molecule has 0 bridgehead atoms. The summed E-state index contributed by atoms with van der Waals surface area (Å²) < 4.78 is 0.0734. The van der Waals surface area contributed by atoms with E-state index in [0.29, 0.717) is 12.2 Å². The van der Waals surface area contributed by atoms with Gasteiger partial charge in [0.05, 0.1) is 12.4 Å². The smallest absolute Gasteiger partial charge is 0.234 e. The highest BCUT2D eigenvalue weighted by Crippen LogP contribution is 2.23. The van der Waals surface area contributed by atoms with E-state index < -0.39 is 0 Å². The average Bonchev–Trinajstić information content (AvgIpc) is 2.40. The second-order valence-electron chi connectivity index (χ2n) is 5.75. The number of nitrogens with one attached hydrogen (secondary N) is 1. The Balaban J connectivity index is 2.72. The molecule has 0 saturated heterocycles. The molecule has 0 fully saturated rings. The summed E-state index contributed by atoms with van der Waals surface area (Å²) in [6.45, 7) is 8.29. The van der Waals surface area contributed by atoms with Gasteiger partial charge in [0.1, 0.15) is 0 Å². The van der Waals surface area contributed by atoms with Gasteiger partial charge in [-0.15, -0.1) is 11.8 Å². The Labute approximate surface area is 131 Å². The molecular weight excluding hydrogens is 282 g/mol. The van der Waals surface area contributed by atoms with Gasteiger partial charge >= 0.3 is 0 Å². The summed E-state index contributed by atoms with van der Waals surface area (Å²) in [5.41, 5.74) is 2.65. The SMILES string of the molecule is Cc1ccc(C#CCCO)cc1NC(=O)CSC(C)(C)C. The van der Waals surface area contributed by atoms with Crippen molar-refractivity contribution in [2.24, 2.45) is 0 Å². The fourth-order valence-electron chi connectivity index (χ4n) is 1.52. The summed E-state index contributed by atoms with van der Waals surface area (Å²) in [7, 11) is 0. The van der Waals surface area contributed by atoms with Gasteiger partial charge in [0.15, 0.2) is 0 Å². The summed E-state index contributed by atoms with van der Waals surface area (Å²) in [6.07, 6.45) is 0.456. The third-order valence-electron chi connectivity index (χ3n) is 2.62. The highest BCUT2D eigenvalue weighted by atomic mass is 32.2. The van der Waals surface area contributed by atoms with Gasteiger partial charge in [-0.1, -0.05) is 38.7 Å². The molecule has 0 spiro atoms. The van der Waals surface area contributed by atoms with Crippen LogP contribution in [0.3, 0.4) is 0 Å². The van der Waals surface area contributed by atoms with Crippen LogP contribution < -0.4 is 5.32 Å². The monoisotopic (exact) mass is 305 g/mol. The number of aliphatic hydroxyl groups is 1. The number of carbonyl (C=O) groups excluding carboxylic acids is 1. The van der Waals surface area contributed by atoms with Crippen molar-refractivity contribution in [1.29, 1.82) is 0 Å². The highest BCUT2D eigenvalue weighted by Gasteiger charge is 2.13. The summed E-state index contributed by atoms with van der Waals surface area (Å²) in [6, 6.07) is 5.73. The maximum atomic E-state index is 12.0. The maximum Gasteiger partial charge on any atom is 0.234 e. The van der Waals surface area contributed by atoms with Gasteiger partial charge in [0, 0.05) is 22.4 Å². The Hall–Kier alpha value is -1.44. The van der Waals surface area contributed by atoms with Gasteiger partial charge in [-0.25, -0.2) is 0 Å². The number of aryl methyl sites for hydroxylation is 1. The Morgan fingerprint density at radius 2 is 2.10 bits per heavy atom. The van der Waals surface area contributed by atoms with Crippen LogP contribution in [0.2, 0.25) is 0 Å². The molecular formula is C17H23NO2S. The number of carbonyl (C=O) groups is 1. The van der Waals surface area contributed by atoms with Crippen LogP contribution in [0.5, 0.6) is 0 Å². The molecule has 0 unspecified atom stereocenters. The van der Waals surface area contributed by atoms with Gasteiger partial charge in [0.2, 0.25) is 5.91 Å². The molecule has 0 saturated carbocycles. The Morgan fingerprint density at radius 1 is 1.38 bits per heavy atom. The third kappa shape index (κ3) is 7.22. The second-order valence-corrected chi connectivity index (χ2v) is 7.56. The molecule has 1 aromatic rings. The zero-order valence-electron chi connectivity index (χ0n) is 13.1. The lowest BCUT2D eigenvalue weighted by molar-refractivity contribution is -0.113. The molecule has 0 heterocycles. The minimum Gasteiger partial charge on any atom is -0.395 e. The zero-order valence-corrected chi connectivity index (χ0v) is 13.9. The van der Waals surface area contributed by atoms with Gasteiger partial charge < -0.3 is 10.4 Å². The highest BCUT2D eigenvalue weighted by molar-refractivity contribution is 8.01. The van der Waals surface area contributed by atoms with E-state index in [9.17, 15) is 4.79 Å². The van der Waals surface area contributed by atoms with E-state index in [-0.39, 0.29) is 17.3 Å². The number of hydrogen-bond acceptors (Lipinski definition) is 3. The Morgan fingerprint density at radius 3 is 2.71 bits per heavy atom. The fraction of sp³-hybridized carbons (Fsp3) is 0.471. The minimum absolute atomic E-state index is 0.00140. The largest absolute Gasteiger partial charge is 0.395 e. The molecule has 0 aromatic heterocycles. The first-order valence-corrected chi connectivity index (χ1v) is 7.94. The molecule has 114 valence electrons. The van der Waals surface area contributed by atoms with E-state index in [1.807, 2.05) is 25.1 Å². The van der Waals surface area contributed by atoms with E-state index in [2.05, 4.69) is 37.9 Å². The molecule has 0 radical (unpaired) electrons. The van der Waals surface area contributed by atoms with Crippen molar-refractivity contribution >= 4 is 23.4 Å². The molecule has 1 rings (SSSR count). The van der Waals surface area contributed by atoms with E-state index in [1.54, 1.807) is 11.8 Å². The van der Waals surface area contributed by atoms with Crippen molar-refractivity contribution in [2.45, 2.75) is 38.9 Å². The average molecular weight is 305 g/mol. The van der Waals surface area contributed by atoms with Crippen LogP contribution in [0.15, 0.2) is 18.2 Å². The van der Waals surface area contributed by atoms with E-state index >= 15 is 0 Å². The molecule has 4 heteroatoms. The molecule has 1 aromatic carbocycles.